The Morgan fingerprint density at radius 3 is 2.60 bits per heavy atom. The molecule has 9 nitrogen and oxygen atoms in total. The number of aliphatic hydroxyl groups is 1. The SMILES string of the molecule is CCc1ccc(-c2nc(NCc3ccccc3)c3ncn([C@H]4C[C@H](O)[C@@H](C(=O)NC)O4)c3n2)cc1. The molecule has 0 aliphatic carbocycles. The van der Waals surface area contributed by atoms with Crippen LogP contribution in [0.5, 0.6) is 0 Å². The van der Waals surface area contributed by atoms with Crippen LogP contribution in [0.15, 0.2) is 60.9 Å². The number of nitrogens with zero attached hydrogens (tertiary/aromatic N) is 4. The number of anilines is 1. The number of amides is 1. The summed E-state index contributed by atoms with van der Waals surface area (Å²) in [6.07, 6.45) is 0.382. The third-order valence-electron chi connectivity index (χ3n) is 6.26. The van der Waals surface area contributed by atoms with Crippen molar-refractivity contribution < 1.29 is 14.6 Å². The number of nitrogens with one attached hydrogen (secondary N) is 2. The summed E-state index contributed by atoms with van der Waals surface area (Å²) in [5.41, 5.74) is 4.39. The van der Waals surface area contributed by atoms with E-state index in [1.54, 1.807) is 10.9 Å². The van der Waals surface area contributed by atoms with Crippen LogP contribution in [-0.4, -0.2) is 49.8 Å². The van der Waals surface area contributed by atoms with E-state index in [1.165, 1.54) is 12.6 Å². The number of fused-ring (bicyclic) bond motifs is 1. The molecule has 35 heavy (non-hydrogen) atoms. The molecule has 5 rings (SSSR count). The van der Waals surface area contributed by atoms with Crippen molar-refractivity contribution in [3.8, 4) is 11.4 Å². The molecule has 1 saturated heterocycles. The van der Waals surface area contributed by atoms with Gasteiger partial charge in [0.05, 0.1) is 12.4 Å². The van der Waals surface area contributed by atoms with Crippen LogP contribution in [-0.2, 0) is 22.5 Å². The zero-order valence-corrected chi connectivity index (χ0v) is 19.7. The van der Waals surface area contributed by atoms with Crippen LogP contribution in [0.2, 0.25) is 0 Å². The molecule has 1 fully saturated rings. The summed E-state index contributed by atoms with van der Waals surface area (Å²) in [5.74, 6) is 0.799. The number of aromatic nitrogens is 4. The Morgan fingerprint density at radius 2 is 1.89 bits per heavy atom. The Labute approximate surface area is 203 Å². The number of hydrogen-bond donors (Lipinski definition) is 3. The lowest BCUT2D eigenvalue weighted by molar-refractivity contribution is -0.137. The molecule has 1 aliphatic rings. The van der Waals surface area contributed by atoms with Crippen LogP contribution >= 0.6 is 0 Å². The number of carbonyl (C=O) groups excluding carboxylic acids is 1. The molecule has 9 heteroatoms. The van der Waals surface area contributed by atoms with Gasteiger partial charge in [-0.2, -0.15) is 0 Å². The molecule has 3 N–H and O–H groups in total. The Bertz CT molecular complexity index is 1320. The van der Waals surface area contributed by atoms with E-state index in [0.717, 1.165) is 17.5 Å². The maximum absolute atomic E-state index is 12.1. The molecule has 0 bridgehead atoms. The highest BCUT2D eigenvalue weighted by Gasteiger charge is 2.40. The highest BCUT2D eigenvalue weighted by atomic mass is 16.5. The quantitative estimate of drug-likeness (QED) is 0.379. The topological polar surface area (TPSA) is 114 Å². The van der Waals surface area contributed by atoms with Crippen LogP contribution in [0.3, 0.4) is 0 Å². The summed E-state index contributed by atoms with van der Waals surface area (Å²) >= 11 is 0. The number of imidazole rings is 1. The normalized spacial score (nSPS) is 19.7. The van der Waals surface area contributed by atoms with Crippen LogP contribution in [0.1, 0.15) is 30.7 Å². The summed E-state index contributed by atoms with van der Waals surface area (Å²) in [6.45, 7) is 2.69. The zero-order chi connectivity index (χ0) is 24.4. The van der Waals surface area contributed by atoms with Crippen molar-refractivity contribution in [1.29, 1.82) is 0 Å². The van der Waals surface area contributed by atoms with Crippen LogP contribution in [0, 0.1) is 0 Å². The van der Waals surface area contributed by atoms with Gasteiger partial charge >= 0.3 is 0 Å². The first-order valence-electron chi connectivity index (χ1n) is 11.7. The van der Waals surface area contributed by atoms with Gasteiger partial charge in [-0.15, -0.1) is 0 Å². The second-order valence-electron chi connectivity index (χ2n) is 8.54. The molecule has 4 aromatic rings. The van der Waals surface area contributed by atoms with Crippen LogP contribution in [0.4, 0.5) is 5.82 Å². The summed E-state index contributed by atoms with van der Waals surface area (Å²) in [7, 11) is 1.52. The van der Waals surface area contributed by atoms with Gasteiger partial charge in [-0.3, -0.25) is 9.36 Å². The summed E-state index contributed by atoms with van der Waals surface area (Å²) in [4.78, 5) is 26.3. The van der Waals surface area contributed by atoms with E-state index in [2.05, 4.69) is 34.7 Å². The minimum absolute atomic E-state index is 0.251. The smallest absolute Gasteiger partial charge is 0.251 e. The third-order valence-corrected chi connectivity index (χ3v) is 6.26. The number of benzene rings is 2. The number of rotatable bonds is 7. The van der Waals surface area contributed by atoms with Gasteiger partial charge in [0.25, 0.3) is 5.91 Å². The average Bonchev–Trinajstić information content (AvgIpc) is 3.50. The lowest BCUT2D eigenvalue weighted by Crippen LogP contribution is -2.38. The summed E-state index contributed by atoms with van der Waals surface area (Å²) in [5, 5.41) is 16.4. The number of aryl methyl sites for hydroxylation is 1. The molecule has 0 unspecified atom stereocenters. The third kappa shape index (κ3) is 4.60. The van der Waals surface area contributed by atoms with Gasteiger partial charge in [-0.1, -0.05) is 61.5 Å². The number of carbonyl (C=O) groups is 1. The molecular formula is C26H28N6O3. The zero-order valence-electron chi connectivity index (χ0n) is 19.7. The van der Waals surface area contributed by atoms with Crippen molar-refractivity contribution in [3.05, 3.63) is 72.1 Å². The average molecular weight is 473 g/mol. The van der Waals surface area contributed by atoms with E-state index >= 15 is 0 Å². The van der Waals surface area contributed by atoms with Gasteiger partial charge in [0.2, 0.25) is 0 Å². The maximum Gasteiger partial charge on any atom is 0.251 e. The van der Waals surface area contributed by atoms with E-state index in [1.807, 2.05) is 42.5 Å². The monoisotopic (exact) mass is 472 g/mol. The molecule has 0 saturated carbocycles. The molecule has 0 spiro atoms. The minimum atomic E-state index is -0.943. The first kappa shape index (κ1) is 22.9. The fourth-order valence-electron chi connectivity index (χ4n) is 4.25. The fraction of sp³-hybridized carbons (Fsp3) is 0.308. The Morgan fingerprint density at radius 1 is 1.11 bits per heavy atom. The van der Waals surface area contributed by atoms with Crippen molar-refractivity contribution in [2.24, 2.45) is 0 Å². The largest absolute Gasteiger partial charge is 0.390 e. The van der Waals surface area contributed by atoms with Gasteiger partial charge in [0, 0.05) is 25.6 Å². The van der Waals surface area contributed by atoms with Crippen molar-refractivity contribution in [1.82, 2.24) is 24.8 Å². The predicted molar refractivity (Wildman–Crippen MR) is 133 cm³/mol. The van der Waals surface area contributed by atoms with Gasteiger partial charge in [0.15, 0.2) is 28.9 Å². The van der Waals surface area contributed by atoms with Crippen molar-refractivity contribution in [3.63, 3.8) is 0 Å². The highest BCUT2D eigenvalue weighted by molar-refractivity contribution is 5.85. The summed E-state index contributed by atoms with van der Waals surface area (Å²) in [6, 6.07) is 18.2. The molecule has 3 atom stereocenters. The lowest BCUT2D eigenvalue weighted by Gasteiger charge is -2.15. The molecule has 2 aromatic carbocycles. The van der Waals surface area contributed by atoms with Crippen LogP contribution < -0.4 is 10.6 Å². The predicted octanol–water partition coefficient (Wildman–Crippen LogP) is 3.06. The second-order valence-corrected chi connectivity index (χ2v) is 8.54. The second kappa shape index (κ2) is 9.81. The first-order chi connectivity index (χ1) is 17.1. The van der Waals surface area contributed by atoms with Crippen molar-refractivity contribution in [2.75, 3.05) is 12.4 Å². The molecule has 3 heterocycles. The lowest BCUT2D eigenvalue weighted by atomic mass is 10.1. The van der Waals surface area contributed by atoms with Gasteiger partial charge in [0.1, 0.15) is 6.23 Å². The number of ether oxygens (including phenoxy) is 1. The molecular weight excluding hydrogens is 444 g/mol. The molecule has 180 valence electrons. The summed E-state index contributed by atoms with van der Waals surface area (Å²) < 4.78 is 7.67. The van der Waals surface area contributed by atoms with E-state index in [4.69, 9.17) is 14.7 Å². The van der Waals surface area contributed by atoms with Crippen LogP contribution in [0.25, 0.3) is 22.6 Å². The fourth-order valence-corrected chi connectivity index (χ4v) is 4.25. The number of hydrogen-bond acceptors (Lipinski definition) is 7. The van der Waals surface area contributed by atoms with Gasteiger partial charge in [-0.05, 0) is 17.5 Å². The van der Waals surface area contributed by atoms with Crippen molar-refractivity contribution in [2.45, 2.75) is 44.7 Å². The Balaban J connectivity index is 1.54. The van der Waals surface area contributed by atoms with E-state index in [9.17, 15) is 9.90 Å². The first-order valence-corrected chi connectivity index (χ1v) is 11.7. The molecule has 2 aromatic heterocycles. The Kier molecular flexibility index (Phi) is 6.43. The molecule has 1 aliphatic heterocycles. The number of aliphatic hydroxyl groups excluding tert-OH is 1. The molecule has 0 radical (unpaired) electrons. The Hall–Kier alpha value is -3.82. The maximum atomic E-state index is 12.1. The van der Waals surface area contributed by atoms with E-state index in [-0.39, 0.29) is 12.3 Å². The van der Waals surface area contributed by atoms with E-state index < -0.39 is 18.4 Å². The minimum Gasteiger partial charge on any atom is -0.390 e. The number of likely N-dealkylation sites (N-methyl/N-ethyl adjacent to an activating group) is 1. The highest BCUT2D eigenvalue weighted by Crippen LogP contribution is 2.33. The standard InChI is InChI=1S/C26H28N6O3/c1-3-16-9-11-18(12-10-16)23-30-24(28-14-17-7-5-4-6-8-17)21-25(31-23)32(15-29-21)20-13-19(33)22(35-20)26(34)27-2/h4-12,15,19-20,22,33H,3,13-14H2,1-2H3,(H,27,34)(H,28,30,31)/t19-,20+,22-/m0/s1. The van der Waals surface area contributed by atoms with Gasteiger partial charge in [-0.25, -0.2) is 15.0 Å². The van der Waals surface area contributed by atoms with Gasteiger partial charge < -0.3 is 20.5 Å². The van der Waals surface area contributed by atoms with E-state index in [0.29, 0.717) is 29.4 Å². The molecule has 1 amide bonds. The van der Waals surface area contributed by atoms with Crippen molar-refractivity contribution >= 4 is 22.9 Å².